The fourth-order valence-corrected chi connectivity index (χ4v) is 4.74. The molecule has 2 aromatic rings. The summed E-state index contributed by atoms with van der Waals surface area (Å²) in [6.45, 7) is 1.03. The predicted molar refractivity (Wildman–Crippen MR) is 106 cm³/mol. The van der Waals surface area contributed by atoms with Gasteiger partial charge in [0.25, 0.3) is 0 Å². The Kier molecular flexibility index (Phi) is 6.53. The van der Waals surface area contributed by atoms with Crippen LogP contribution in [-0.4, -0.2) is 39.0 Å². The Labute approximate surface area is 165 Å². The number of nitrogens with zero attached hydrogens (tertiary/aromatic N) is 1. The van der Waals surface area contributed by atoms with Gasteiger partial charge in [0.15, 0.2) is 0 Å². The van der Waals surface area contributed by atoms with Crippen molar-refractivity contribution in [1.82, 2.24) is 4.31 Å². The number of nitrogens with one attached hydrogen (secondary N) is 1. The molecule has 150 valence electrons. The maximum atomic E-state index is 13.1. The van der Waals surface area contributed by atoms with Gasteiger partial charge in [0.2, 0.25) is 10.0 Å². The normalized spacial score (nSPS) is 15.0. The number of benzene rings is 2. The van der Waals surface area contributed by atoms with Crippen molar-refractivity contribution in [2.24, 2.45) is 0 Å². The summed E-state index contributed by atoms with van der Waals surface area (Å²) in [5, 5.41) is 2.55. The second kappa shape index (κ2) is 9.07. The van der Waals surface area contributed by atoms with E-state index in [2.05, 4.69) is 5.32 Å². The number of carbonyl (C=O) groups excluding carboxylic acids is 1. The average Bonchev–Trinajstić information content (AvgIpc) is 2.74. The lowest BCUT2D eigenvalue weighted by molar-refractivity contribution is 0.155. The molecule has 1 amide bonds. The van der Waals surface area contributed by atoms with Crippen molar-refractivity contribution in [3.8, 4) is 5.75 Å². The molecule has 0 saturated carbocycles. The Morgan fingerprint density at radius 2 is 1.79 bits per heavy atom. The molecule has 0 aromatic heterocycles. The lowest BCUT2D eigenvalue weighted by Gasteiger charge is -2.27. The quantitative estimate of drug-likeness (QED) is 0.795. The minimum Gasteiger partial charge on any atom is -0.497 e. The SMILES string of the molecule is COc1ccc(NC(=O)OCc2ccccc2)c(S(=O)(=O)N2CCCCC2)c1. The van der Waals surface area contributed by atoms with E-state index in [-0.39, 0.29) is 17.2 Å². The zero-order valence-electron chi connectivity index (χ0n) is 15.8. The smallest absolute Gasteiger partial charge is 0.411 e. The first-order valence-corrected chi connectivity index (χ1v) is 10.6. The number of sulfonamides is 1. The van der Waals surface area contributed by atoms with Crippen LogP contribution in [0.25, 0.3) is 0 Å². The minimum atomic E-state index is -3.75. The van der Waals surface area contributed by atoms with E-state index < -0.39 is 16.1 Å². The van der Waals surface area contributed by atoms with E-state index in [1.54, 1.807) is 6.07 Å². The highest BCUT2D eigenvalue weighted by molar-refractivity contribution is 7.89. The standard InChI is InChI=1S/C20H24N2O5S/c1-26-17-10-11-18(21-20(23)27-15-16-8-4-2-5-9-16)19(14-17)28(24,25)22-12-6-3-7-13-22/h2,4-5,8-11,14H,3,6-7,12-13,15H2,1H3,(H,21,23). The Morgan fingerprint density at radius 3 is 2.46 bits per heavy atom. The molecule has 28 heavy (non-hydrogen) atoms. The molecule has 0 aliphatic carbocycles. The molecule has 2 aromatic carbocycles. The molecule has 0 bridgehead atoms. The van der Waals surface area contributed by atoms with E-state index >= 15 is 0 Å². The highest BCUT2D eigenvalue weighted by atomic mass is 32.2. The van der Waals surface area contributed by atoms with Gasteiger partial charge in [0.05, 0.1) is 12.8 Å². The third-order valence-electron chi connectivity index (χ3n) is 4.57. The minimum absolute atomic E-state index is 0.00501. The number of methoxy groups -OCH3 is 1. The summed E-state index contributed by atoms with van der Waals surface area (Å²) in [5.41, 5.74) is 1.01. The summed E-state index contributed by atoms with van der Waals surface area (Å²) in [6, 6.07) is 13.8. The van der Waals surface area contributed by atoms with Gasteiger partial charge in [-0.25, -0.2) is 13.2 Å². The Bertz CT molecular complexity index is 909. The molecule has 0 atom stereocenters. The van der Waals surface area contributed by atoms with Gasteiger partial charge >= 0.3 is 6.09 Å². The summed E-state index contributed by atoms with van der Waals surface area (Å²) >= 11 is 0. The summed E-state index contributed by atoms with van der Waals surface area (Å²) < 4.78 is 38.1. The highest BCUT2D eigenvalue weighted by Gasteiger charge is 2.29. The largest absolute Gasteiger partial charge is 0.497 e. The molecular weight excluding hydrogens is 380 g/mol. The molecule has 1 aliphatic rings. The van der Waals surface area contributed by atoms with Crippen LogP contribution in [0.4, 0.5) is 10.5 Å². The number of hydrogen-bond acceptors (Lipinski definition) is 5. The van der Waals surface area contributed by atoms with E-state index in [4.69, 9.17) is 9.47 Å². The Hall–Kier alpha value is -2.58. The zero-order valence-corrected chi connectivity index (χ0v) is 16.6. The van der Waals surface area contributed by atoms with Crippen LogP contribution >= 0.6 is 0 Å². The molecule has 1 fully saturated rings. The number of amides is 1. The first kappa shape index (κ1) is 20.2. The van der Waals surface area contributed by atoms with Gasteiger partial charge in [-0.15, -0.1) is 0 Å². The van der Waals surface area contributed by atoms with Crippen LogP contribution in [0.2, 0.25) is 0 Å². The van der Waals surface area contributed by atoms with Crippen LogP contribution in [0, 0.1) is 0 Å². The summed E-state index contributed by atoms with van der Waals surface area (Å²) in [7, 11) is -2.29. The number of ether oxygens (including phenoxy) is 2. The van der Waals surface area contributed by atoms with Crippen LogP contribution in [0.3, 0.4) is 0 Å². The van der Waals surface area contributed by atoms with Crippen molar-refractivity contribution in [2.45, 2.75) is 30.8 Å². The molecular formula is C20H24N2O5S. The van der Waals surface area contributed by atoms with E-state index in [9.17, 15) is 13.2 Å². The molecule has 0 spiro atoms. The number of rotatable bonds is 6. The predicted octanol–water partition coefficient (Wildman–Crippen LogP) is 3.62. The third-order valence-corrected chi connectivity index (χ3v) is 6.51. The molecule has 1 N–H and O–H groups in total. The van der Waals surface area contributed by atoms with Gasteiger partial charge in [-0.2, -0.15) is 4.31 Å². The number of hydrogen-bond donors (Lipinski definition) is 1. The number of anilines is 1. The van der Waals surface area contributed by atoms with Crippen molar-refractivity contribution in [3.05, 3.63) is 54.1 Å². The summed E-state index contributed by atoms with van der Waals surface area (Å²) in [4.78, 5) is 12.2. The molecule has 0 unspecified atom stereocenters. The fraction of sp³-hybridized carbons (Fsp3) is 0.350. The molecule has 8 heteroatoms. The van der Waals surface area contributed by atoms with Crippen molar-refractivity contribution < 1.29 is 22.7 Å². The van der Waals surface area contributed by atoms with Crippen molar-refractivity contribution in [1.29, 1.82) is 0 Å². The second-order valence-corrected chi connectivity index (χ2v) is 8.42. The van der Waals surface area contributed by atoms with Crippen LogP contribution in [0.15, 0.2) is 53.4 Å². The van der Waals surface area contributed by atoms with E-state index in [1.807, 2.05) is 30.3 Å². The monoisotopic (exact) mass is 404 g/mol. The zero-order chi connectivity index (χ0) is 20.0. The molecule has 1 aliphatic heterocycles. The Morgan fingerprint density at radius 1 is 1.07 bits per heavy atom. The fourth-order valence-electron chi connectivity index (χ4n) is 3.06. The topological polar surface area (TPSA) is 84.9 Å². The highest BCUT2D eigenvalue weighted by Crippen LogP contribution is 2.30. The van der Waals surface area contributed by atoms with E-state index in [0.29, 0.717) is 18.8 Å². The first-order chi connectivity index (χ1) is 13.5. The van der Waals surface area contributed by atoms with E-state index in [1.165, 1.54) is 23.5 Å². The van der Waals surface area contributed by atoms with Gasteiger partial charge in [-0.1, -0.05) is 36.8 Å². The Balaban J connectivity index is 1.79. The molecule has 3 rings (SSSR count). The van der Waals surface area contributed by atoms with Gasteiger partial charge in [-0.3, -0.25) is 5.32 Å². The molecule has 1 saturated heterocycles. The third kappa shape index (κ3) is 4.82. The van der Waals surface area contributed by atoms with Gasteiger partial charge in [0.1, 0.15) is 17.3 Å². The number of piperidine rings is 1. The maximum Gasteiger partial charge on any atom is 0.411 e. The maximum absolute atomic E-state index is 13.1. The molecule has 0 radical (unpaired) electrons. The van der Waals surface area contributed by atoms with E-state index in [0.717, 1.165) is 24.8 Å². The van der Waals surface area contributed by atoms with Gasteiger partial charge < -0.3 is 9.47 Å². The first-order valence-electron chi connectivity index (χ1n) is 9.16. The number of carbonyl (C=O) groups is 1. The lowest BCUT2D eigenvalue weighted by Crippen LogP contribution is -2.36. The molecule has 1 heterocycles. The van der Waals surface area contributed by atoms with Crippen LogP contribution in [-0.2, 0) is 21.4 Å². The van der Waals surface area contributed by atoms with Crippen LogP contribution < -0.4 is 10.1 Å². The molecule has 7 nitrogen and oxygen atoms in total. The average molecular weight is 404 g/mol. The second-order valence-electron chi connectivity index (χ2n) is 6.51. The van der Waals surface area contributed by atoms with Gasteiger partial charge in [0, 0.05) is 19.2 Å². The van der Waals surface area contributed by atoms with Crippen molar-refractivity contribution in [3.63, 3.8) is 0 Å². The van der Waals surface area contributed by atoms with Crippen molar-refractivity contribution >= 4 is 21.8 Å². The summed E-state index contributed by atoms with van der Waals surface area (Å²) in [6.07, 6.45) is 1.95. The van der Waals surface area contributed by atoms with Crippen LogP contribution in [0.1, 0.15) is 24.8 Å². The lowest BCUT2D eigenvalue weighted by atomic mass is 10.2. The van der Waals surface area contributed by atoms with Gasteiger partial charge in [-0.05, 0) is 30.5 Å². The van der Waals surface area contributed by atoms with Crippen molar-refractivity contribution in [2.75, 3.05) is 25.5 Å². The van der Waals surface area contributed by atoms with Crippen LogP contribution in [0.5, 0.6) is 5.75 Å². The summed E-state index contributed by atoms with van der Waals surface area (Å²) in [5.74, 6) is 0.402.